The topological polar surface area (TPSA) is 29.1 Å². The highest BCUT2D eigenvalue weighted by molar-refractivity contribution is 6.09. The molecule has 0 bridgehead atoms. The standard InChI is InChI=1S/C25H29NO/c1-24(2,3)19-14-18(15-20(16-19)25(4,5)6)23(27)26-22-13-9-11-17-10-7-8-12-21(17)22/h7-16H,1-6H3,(H,26,27). The van der Waals surface area contributed by atoms with Crippen LogP contribution in [-0.2, 0) is 10.8 Å². The minimum Gasteiger partial charge on any atom is -0.321 e. The Morgan fingerprint density at radius 1 is 0.741 bits per heavy atom. The van der Waals surface area contributed by atoms with Crippen LogP contribution in [0, 0.1) is 0 Å². The van der Waals surface area contributed by atoms with Crippen molar-refractivity contribution in [3.63, 3.8) is 0 Å². The van der Waals surface area contributed by atoms with Crippen LogP contribution in [0.2, 0.25) is 0 Å². The van der Waals surface area contributed by atoms with E-state index in [1.54, 1.807) is 0 Å². The minimum absolute atomic E-state index is 0.0181. The summed E-state index contributed by atoms with van der Waals surface area (Å²) < 4.78 is 0. The number of carbonyl (C=O) groups is 1. The molecular weight excluding hydrogens is 330 g/mol. The van der Waals surface area contributed by atoms with E-state index in [-0.39, 0.29) is 16.7 Å². The van der Waals surface area contributed by atoms with Gasteiger partial charge >= 0.3 is 0 Å². The summed E-state index contributed by atoms with van der Waals surface area (Å²) in [5.74, 6) is -0.0667. The SMILES string of the molecule is CC(C)(C)c1cc(C(=O)Nc2cccc3ccccc23)cc(C(C)(C)C)c1. The van der Waals surface area contributed by atoms with Crippen molar-refractivity contribution in [1.82, 2.24) is 0 Å². The molecule has 2 heteroatoms. The smallest absolute Gasteiger partial charge is 0.255 e. The monoisotopic (exact) mass is 359 g/mol. The summed E-state index contributed by atoms with van der Waals surface area (Å²) in [5, 5.41) is 5.29. The lowest BCUT2D eigenvalue weighted by atomic mass is 9.79. The van der Waals surface area contributed by atoms with Crippen LogP contribution >= 0.6 is 0 Å². The Morgan fingerprint density at radius 2 is 1.30 bits per heavy atom. The molecule has 140 valence electrons. The highest BCUT2D eigenvalue weighted by Crippen LogP contribution is 2.31. The molecule has 1 N–H and O–H groups in total. The molecule has 0 aromatic heterocycles. The van der Waals surface area contributed by atoms with Gasteiger partial charge in [0.15, 0.2) is 0 Å². The molecular formula is C25H29NO. The van der Waals surface area contributed by atoms with Crippen LogP contribution in [0.1, 0.15) is 63.0 Å². The van der Waals surface area contributed by atoms with Gasteiger partial charge in [0.2, 0.25) is 0 Å². The summed E-state index contributed by atoms with van der Waals surface area (Å²) in [5.41, 5.74) is 3.87. The third-order valence-electron chi connectivity index (χ3n) is 4.97. The molecule has 1 amide bonds. The molecule has 0 aliphatic heterocycles. The Morgan fingerprint density at radius 3 is 1.89 bits per heavy atom. The Bertz CT molecular complexity index is 950. The number of rotatable bonds is 2. The molecule has 3 aromatic rings. The van der Waals surface area contributed by atoms with Crippen molar-refractivity contribution >= 4 is 22.4 Å². The van der Waals surface area contributed by atoms with Crippen molar-refractivity contribution in [1.29, 1.82) is 0 Å². The average molecular weight is 360 g/mol. The van der Waals surface area contributed by atoms with Crippen LogP contribution in [0.25, 0.3) is 10.8 Å². The summed E-state index contributed by atoms with van der Waals surface area (Å²) in [6.45, 7) is 13.1. The third kappa shape index (κ3) is 4.21. The zero-order chi connectivity index (χ0) is 19.8. The second-order valence-corrected chi connectivity index (χ2v) is 9.28. The van der Waals surface area contributed by atoms with E-state index in [1.807, 2.05) is 42.5 Å². The first-order valence-corrected chi connectivity index (χ1v) is 9.51. The fourth-order valence-corrected chi connectivity index (χ4v) is 3.15. The second kappa shape index (κ2) is 6.84. The van der Waals surface area contributed by atoms with Crippen molar-refractivity contribution in [2.45, 2.75) is 52.4 Å². The van der Waals surface area contributed by atoms with Crippen LogP contribution in [-0.4, -0.2) is 5.91 Å². The minimum atomic E-state index is -0.0667. The largest absolute Gasteiger partial charge is 0.321 e. The number of hydrogen-bond acceptors (Lipinski definition) is 1. The summed E-state index contributed by atoms with van der Waals surface area (Å²) in [4.78, 5) is 13.1. The molecule has 27 heavy (non-hydrogen) atoms. The number of amides is 1. The molecule has 0 aliphatic rings. The van der Waals surface area contributed by atoms with Gasteiger partial charge in [0.05, 0.1) is 0 Å². The van der Waals surface area contributed by atoms with E-state index in [1.165, 1.54) is 11.1 Å². The molecule has 2 nitrogen and oxygen atoms in total. The lowest BCUT2D eigenvalue weighted by Crippen LogP contribution is -2.20. The maximum atomic E-state index is 13.1. The molecule has 3 aromatic carbocycles. The van der Waals surface area contributed by atoms with E-state index in [9.17, 15) is 4.79 Å². The third-order valence-corrected chi connectivity index (χ3v) is 4.97. The molecule has 0 aliphatic carbocycles. The first-order valence-electron chi connectivity index (χ1n) is 9.51. The predicted octanol–water partition coefficient (Wildman–Crippen LogP) is 6.69. The normalized spacial score (nSPS) is 12.2. The van der Waals surface area contributed by atoms with Gasteiger partial charge in [0.1, 0.15) is 0 Å². The van der Waals surface area contributed by atoms with E-state index >= 15 is 0 Å². The van der Waals surface area contributed by atoms with Gasteiger partial charge in [-0.25, -0.2) is 0 Å². The van der Waals surface area contributed by atoms with E-state index in [0.29, 0.717) is 5.56 Å². The summed E-state index contributed by atoms with van der Waals surface area (Å²) in [6, 6.07) is 20.4. The van der Waals surface area contributed by atoms with Gasteiger partial charge in [0.25, 0.3) is 5.91 Å². The number of fused-ring (bicyclic) bond motifs is 1. The second-order valence-electron chi connectivity index (χ2n) is 9.28. The zero-order valence-corrected chi connectivity index (χ0v) is 17.2. The number of anilines is 1. The molecule has 0 fully saturated rings. The Labute approximate surface area is 162 Å². The summed E-state index contributed by atoms with van der Waals surface area (Å²) in [6.07, 6.45) is 0. The Balaban J connectivity index is 2.03. The maximum absolute atomic E-state index is 13.1. The van der Waals surface area contributed by atoms with Gasteiger partial charge in [-0.05, 0) is 45.5 Å². The summed E-state index contributed by atoms with van der Waals surface area (Å²) >= 11 is 0. The van der Waals surface area contributed by atoms with E-state index < -0.39 is 0 Å². The fourth-order valence-electron chi connectivity index (χ4n) is 3.15. The van der Waals surface area contributed by atoms with Crippen LogP contribution in [0.4, 0.5) is 5.69 Å². The Kier molecular flexibility index (Phi) is 4.86. The highest BCUT2D eigenvalue weighted by atomic mass is 16.1. The van der Waals surface area contributed by atoms with Crippen molar-refractivity contribution in [3.8, 4) is 0 Å². The van der Waals surface area contributed by atoms with Gasteiger partial charge in [-0.15, -0.1) is 0 Å². The molecule has 0 saturated heterocycles. The van der Waals surface area contributed by atoms with Crippen molar-refractivity contribution in [2.24, 2.45) is 0 Å². The van der Waals surface area contributed by atoms with Gasteiger partial charge < -0.3 is 5.32 Å². The number of nitrogens with one attached hydrogen (secondary N) is 1. The molecule has 3 rings (SSSR count). The van der Waals surface area contributed by atoms with E-state index in [2.05, 4.69) is 65.1 Å². The van der Waals surface area contributed by atoms with Gasteiger partial charge in [-0.1, -0.05) is 84.0 Å². The van der Waals surface area contributed by atoms with Crippen molar-refractivity contribution < 1.29 is 4.79 Å². The molecule has 0 saturated carbocycles. The first kappa shape index (κ1) is 19.2. The van der Waals surface area contributed by atoms with Gasteiger partial charge in [0, 0.05) is 16.6 Å². The molecule has 0 heterocycles. The fraction of sp³-hybridized carbons (Fsp3) is 0.320. The van der Waals surface area contributed by atoms with Crippen LogP contribution in [0.15, 0.2) is 60.7 Å². The molecule has 0 atom stereocenters. The van der Waals surface area contributed by atoms with E-state index in [4.69, 9.17) is 0 Å². The quantitative estimate of drug-likeness (QED) is 0.543. The lowest BCUT2D eigenvalue weighted by molar-refractivity contribution is 0.102. The van der Waals surface area contributed by atoms with Crippen LogP contribution in [0.5, 0.6) is 0 Å². The van der Waals surface area contributed by atoms with Crippen LogP contribution in [0.3, 0.4) is 0 Å². The van der Waals surface area contributed by atoms with Crippen molar-refractivity contribution in [3.05, 3.63) is 77.4 Å². The van der Waals surface area contributed by atoms with Crippen LogP contribution < -0.4 is 5.32 Å². The Hall–Kier alpha value is -2.61. The first-order chi connectivity index (χ1) is 12.6. The molecule has 0 radical (unpaired) electrons. The summed E-state index contributed by atoms with van der Waals surface area (Å²) in [7, 11) is 0. The number of benzene rings is 3. The maximum Gasteiger partial charge on any atom is 0.255 e. The van der Waals surface area contributed by atoms with E-state index in [0.717, 1.165) is 16.5 Å². The average Bonchev–Trinajstić information content (AvgIpc) is 2.60. The molecule has 0 spiro atoms. The van der Waals surface area contributed by atoms with Gasteiger partial charge in [-0.2, -0.15) is 0 Å². The van der Waals surface area contributed by atoms with Gasteiger partial charge in [-0.3, -0.25) is 4.79 Å². The lowest BCUT2D eigenvalue weighted by Gasteiger charge is -2.26. The number of hydrogen-bond donors (Lipinski definition) is 1. The van der Waals surface area contributed by atoms with Crippen molar-refractivity contribution in [2.75, 3.05) is 5.32 Å². The zero-order valence-electron chi connectivity index (χ0n) is 17.2. The highest BCUT2D eigenvalue weighted by Gasteiger charge is 2.22. The molecule has 0 unspecified atom stereocenters. The number of carbonyl (C=O) groups excluding carboxylic acids is 1. The predicted molar refractivity (Wildman–Crippen MR) is 116 cm³/mol.